The van der Waals surface area contributed by atoms with Crippen molar-refractivity contribution in [3.05, 3.63) is 23.8 Å². The first-order valence-corrected chi connectivity index (χ1v) is 7.61. The monoisotopic (exact) mass is 295 g/mol. The molecule has 1 N–H and O–H groups in total. The molecule has 0 fully saturated rings. The lowest BCUT2D eigenvalue weighted by molar-refractivity contribution is 0.0985. The van der Waals surface area contributed by atoms with Gasteiger partial charge in [0.1, 0.15) is 0 Å². The van der Waals surface area contributed by atoms with Crippen molar-refractivity contribution in [2.24, 2.45) is 5.92 Å². The second kappa shape index (κ2) is 8.90. The Hall–Kier alpha value is -1.26. The number of nitrogens with zero attached hydrogens (tertiary/aromatic N) is 1. The summed E-state index contributed by atoms with van der Waals surface area (Å²) >= 11 is 0. The lowest BCUT2D eigenvalue weighted by Gasteiger charge is -2.26. The molecule has 0 bridgehead atoms. The Labute approximate surface area is 128 Å². The molecule has 21 heavy (non-hydrogen) atoms. The number of methoxy groups -OCH3 is 2. The Morgan fingerprint density at radius 3 is 2.29 bits per heavy atom. The van der Waals surface area contributed by atoms with Gasteiger partial charge >= 0.3 is 0 Å². The zero-order valence-electron chi connectivity index (χ0n) is 13.9. The highest BCUT2D eigenvalue weighted by molar-refractivity contribution is 5.42. The third-order valence-corrected chi connectivity index (χ3v) is 3.42. The molecule has 0 saturated heterocycles. The van der Waals surface area contributed by atoms with E-state index in [1.54, 1.807) is 14.2 Å². The highest BCUT2D eigenvalue weighted by Gasteiger charge is 2.14. The molecule has 1 atom stereocenters. The molecule has 120 valence electrons. The van der Waals surface area contributed by atoms with Crippen molar-refractivity contribution in [3.63, 3.8) is 0 Å². The zero-order valence-corrected chi connectivity index (χ0v) is 13.9. The predicted octanol–water partition coefficient (Wildman–Crippen LogP) is 2.93. The molecule has 0 saturated carbocycles. The Kier molecular flexibility index (Phi) is 7.54. The van der Waals surface area contributed by atoms with Gasteiger partial charge in [-0.1, -0.05) is 26.8 Å². The van der Waals surface area contributed by atoms with Crippen LogP contribution < -0.4 is 9.47 Å². The summed E-state index contributed by atoms with van der Waals surface area (Å²) < 4.78 is 10.6. The van der Waals surface area contributed by atoms with Gasteiger partial charge in [0, 0.05) is 19.6 Å². The van der Waals surface area contributed by atoms with Gasteiger partial charge < -0.3 is 14.6 Å². The van der Waals surface area contributed by atoms with Crippen LogP contribution >= 0.6 is 0 Å². The largest absolute Gasteiger partial charge is 0.493 e. The van der Waals surface area contributed by atoms with Crippen molar-refractivity contribution in [2.45, 2.75) is 39.8 Å². The lowest BCUT2D eigenvalue weighted by Crippen LogP contribution is -2.34. The number of hydrogen-bond acceptors (Lipinski definition) is 4. The standard InChI is InChI=1S/C17H29NO3/c1-6-15(19)12-18(10-13(2)3)11-14-7-8-16(20-4)17(9-14)21-5/h7-9,13,15,19H,6,10-12H2,1-5H3/t15-/m1/s1. The van der Waals surface area contributed by atoms with E-state index < -0.39 is 0 Å². The summed E-state index contributed by atoms with van der Waals surface area (Å²) in [6, 6.07) is 5.98. The molecule has 0 spiro atoms. The average molecular weight is 295 g/mol. The summed E-state index contributed by atoms with van der Waals surface area (Å²) in [6.45, 7) is 8.86. The third-order valence-electron chi connectivity index (χ3n) is 3.42. The highest BCUT2D eigenvalue weighted by Crippen LogP contribution is 2.28. The van der Waals surface area contributed by atoms with Crippen LogP contribution in [0.3, 0.4) is 0 Å². The van der Waals surface area contributed by atoms with E-state index >= 15 is 0 Å². The minimum atomic E-state index is -0.274. The van der Waals surface area contributed by atoms with Crippen LogP contribution in [0, 0.1) is 5.92 Å². The first-order chi connectivity index (χ1) is 9.99. The Morgan fingerprint density at radius 2 is 1.76 bits per heavy atom. The van der Waals surface area contributed by atoms with Crippen molar-refractivity contribution >= 4 is 0 Å². The topological polar surface area (TPSA) is 41.9 Å². The molecule has 4 heteroatoms. The molecule has 0 aliphatic rings. The van der Waals surface area contributed by atoms with Gasteiger partial charge in [-0.3, -0.25) is 4.90 Å². The van der Waals surface area contributed by atoms with E-state index in [4.69, 9.17) is 9.47 Å². The number of hydrogen-bond donors (Lipinski definition) is 1. The molecule has 4 nitrogen and oxygen atoms in total. The van der Waals surface area contributed by atoms with Gasteiger partial charge in [0.15, 0.2) is 11.5 Å². The van der Waals surface area contributed by atoms with Gasteiger partial charge in [0.05, 0.1) is 20.3 Å². The second-order valence-corrected chi connectivity index (χ2v) is 5.84. The molecule has 0 radical (unpaired) electrons. The second-order valence-electron chi connectivity index (χ2n) is 5.84. The van der Waals surface area contributed by atoms with Gasteiger partial charge in [-0.15, -0.1) is 0 Å². The molecule has 0 aromatic heterocycles. The Balaban J connectivity index is 2.81. The Bertz CT molecular complexity index is 420. The summed E-state index contributed by atoms with van der Waals surface area (Å²) in [5, 5.41) is 9.92. The first kappa shape index (κ1) is 17.8. The molecule has 0 amide bonds. The van der Waals surface area contributed by atoms with E-state index in [-0.39, 0.29) is 6.10 Å². The fourth-order valence-electron chi connectivity index (χ4n) is 2.38. The summed E-state index contributed by atoms with van der Waals surface area (Å²) in [5.74, 6) is 2.05. The van der Waals surface area contributed by atoms with E-state index in [1.807, 2.05) is 25.1 Å². The van der Waals surface area contributed by atoms with Gasteiger partial charge in [-0.25, -0.2) is 0 Å². The van der Waals surface area contributed by atoms with E-state index in [0.717, 1.165) is 36.6 Å². The van der Waals surface area contributed by atoms with Crippen molar-refractivity contribution in [2.75, 3.05) is 27.3 Å². The van der Waals surface area contributed by atoms with Crippen LogP contribution in [-0.4, -0.2) is 43.4 Å². The van der Waals surface area contributed by atoms with E-state index in [9.17, 15) is 5.11 Å². The highest BCUT2D eigenvalue weighted by atomic mass is 16.5. The van der Waals surface area contributed by atoms with Gasteiger partial charge in [-0.05, 0) is 30.0 Å². The van der Waals surface area contributed by atoms with Crippen LogP contribution in [0.2, 0.25) is 0 Å². The van der Waals surface area contributed by atoms with Crippen LogP contribution in [0.4, 0.5) is 0 Å². The average Bonchev–Trinajstić information content (AvgIpc) is 2.46. The minimum Gasteiger partial charge on any atom is -0.493 e. The molecule has 0 heterocycles. The number of benzene rings is 1. The molecule has 1 rings (SSSR count). The van der Waals surface area contributed by atoms with Crippen LogP contribution in [0.15, 0.2) is 18.2 Å². The maximum absolute atomic E-state index is 9.92. The predicted molar refractivity (Wildman–Crippen MR) is 86.0 cm³/mol. The summed E-state index contributed by atoms with van der Waals surface area (Å²) in [5.41, 5.74) is 1.16. The van der Waals surface area contributed by atoms with Crippen LogP contribution in [-0.2, 0) is 6.54 Å². The molecular weight excluding hydrogens is 266 g/mol. The molecule has 0 unspecified atom stereocenters. The quantitative estimate of drug-likeness (QED) is 0.760. The van der Waals surface area contributed by atoms with E-state index in [2.05, 4.69) is 18.7 Å². The van der Waals surface area contributed by atoms with Gasteiger partial charge in [0.2, 0.25) is 0 Å². The normalized spacial score (nSPS) is 12.8. The molecule has 0 aliphatic heterocycles. The molecular formula is C17H29NO3. The van der Waals surface area contributed by atoms with Crippen molar-refractivity contribution in [3.8, 4) is 11.5 Å². The van der Waals surface area contributed by atoms with Crippen molar-refractivity contribution < 1.29 is 14.6 Å². The summed E-state index contributed by atoms with van der Waals surface area (Å²) in [7, 11) is 3.29. The van der Waals surface area contributed by atoms with Crippen molar-refractivity contribution in [1.82, 2.24) is 4.90 Å². The fraction of sp³-hybridized carbons (Fsp3) is 0.647. The summed E-state index contributed by atoms with van der Waals surface area (Å²) in [6.07, 6.45) is 0.504. The molecule has 1 aromatic rings. The van der Waals surface area contributed by atoms with Crippen LogP contribution in [0.5, 0.6) is 11.5 Å². The maximum Gasteiger partial charge on any atom is 0.161 e. The number of ether oxygens (including phenoxy) is 2. The first-order valence-electron chi connectivity index (χ1n) is 7.61. The third kappa shape index (κ3) is 5.94. The lowest BCUT2D eigenvalue weighted by atomic mass is 10.1. The SMILES string of the molecule is CC[C@@H](O)CN(Cc1ccc(OC)c(OC)c1)CC(C)C. The van der Waals surface area contributed by atoms with Gasteiger partial charge in [0.25, 0.3) is 0 Å². The van der Waals surface area contributed by atoms with E-state index in [0.29, 0.717) is 12.5 Å². The Morgan fingerprint density at radius 1 is 1.10 bits per heavy atom. The van der Waals surface area contributed by atoms with Crippen molar-refractivity contribution in [1.29, 1.82) is 0 Å². The van der Waals surface area contributed by atoms with E-state index in [1.165, 1.54) is 0 Å². The molecule has 0 aliphatic carbocycles. The smallest absolute Gasteiger partial charge is 0.161 e. The fourth-order valence-corrected chi connectivity index (χ4v) is 2.38. The summed E-state index contributed by atoms with van der Waals surface area (Å²) in [4.78, 5) is 2.29. The zero-order chi connectivity index (χ0) is 15.8. The maximum atomic E-state index is 9.92. The van der Waals surface area contributed by atoms with Crippen LogP contribution in [0.1, 0.15) is 32.8 Å². The number of aliphatic hydroxyl groups excluding tert-OH is 1. The number of rotatable bonds is 9. The minimum absolute atomic E-state index is 0.274. The molecule has 1 aromatic carbocycles. The van der Waals surface area contributed by atoms with Gasteiger partial charge in [-0.2, -0.15) is 0 Å². The number of aliphatic hydroxyl groups is 1. The van der Waals surface area contributed by atoms with Crippen LogP contribution in [0.25, 0.3) is 0 Å².